The van der Waals surface area contributed by atoms with Gasteiger partial charge in [-0.15, -0.1) is 0 Å². The maximum Gasteiger partial charge on any atom is 0.250 e. The van der Waals surface area contributed by atoms with Crippen LogP contribution in [-0.4, -0.2) is 43.9 Å². The molecule has 0 radical (unpaired) electrons. The van der Waals surface area contributed by atoms with Crippen molar-refractivity contribution in [2.45, 2.75) is 81.4 Å². The van der Waals surface area contributed by atoms with E-state index in [4.69, 9.17) is 4.74 Å². The molecule has 2 N–H and O–H groups in total. The molecule has 0 spiro atoms. The quantitative estimate of drug-likeness (QED) is 0.797. The largest absolute Gasteiger partial charge is 0.374 e. The van der Waals surface area contributed by atoms with Crippen LogP contribution in [0.1, 0.15) is 51.9 Å². The van der Waals surface area contributed by atoms with Crippen LogP contribution in [0.25, 0.3) is 0 Å². The molecule has 5 fully saturated rings. The molecule has 5 atom stereocenters. The molecule has 0 aromatic heterocycles. The second-order valence-corrected chi connectivity index (χ2v) is 9.75. The van der Waals surface area contributed by atoms with Gasteiger partial charge in [-0.1, -0.05) is 12.8 Å². The normalized spacial score (nSPS) is 45.9. The van der Waals surface area contributed by atoms with Gasteiger partial charge < -0.3 is 10.1 Å². The number of hydrogen-bond acceptors (Lipinski definition) is 5. The Kier molecular flexibility index (Phi) is 3.93. The highest BCUT2D eigenvalue weighted by Gasteiger charge is 2.46. The van der Waals surface area contributed by atoms with Gasteiger partial charge in [-0.2, -0.15) is 0 Å². The number of ether oxygens (including phenoxy) is 1. The summed E-state index contributed by atoms with van der Waals surface area (Å²) < 4.78 is 33.4. The number of rotatable bonds is 3. The van der Waals surface area contributed by atoms with Crippen molar-refractivity contribution in [3.63, 3.8) is 0 Å². The third-order valence-corrected chi connectivity index (χ3v) is 8.13. The minimum absolute atomic E-state index is 0.0362. The van der Waals surface area contributed by atoms with E-state index < -0.39 is 22.0 Å². The number of amides is 1. The Labute approximate surface area is 137 Å². The number of fused-ring (bicyclic) bond motifs is 4. The van der Waals surface area contributed by atoms with Gasteiger partial charge in [0.05, 0.1) is 23.5 Å². The van der Waals surface area contributed by atoms with Gasteiger partial charge in [0, 0.05) is 6.04 Å². The maximum atomic E-state index is 12.7. The lowest BCUT2D eigenvalue weighted by atomic mass is 9.70. The van der Waals surface area contributed by atoms with Crippen LogP contribution in [0.2, 0.25) is 0 Å². The van der Waals surface area contributed by atoms with E-state index in [0.29, 0.717) is 12.3 Å². The Morgan fingerprint density at radius 3 is 2.48 bits per heavy atom. The van der Waals surface area contributed by atoms with Gasteiger partial charge in [-0.3, -0.25) is 9.52 Å². The minimum atomic E-state index is -3.57. The SMILES string of the molecule is C[C@@H]1C[C@@H]2N[C@@H](C(=O)NS(=O)(=O)C3CC4CCC3CC4)C[C@@H]2O1. The molecule has 5 rings (SSSR count). The molecule has 2 aliphatic heterocycles. The monoisotopic (exact) mass is 342 g/mol. The van der Waals surface area contributed by atoms with Crippen molar-refractivity contribution in [3.05, 3.63) is 0 Å². The van der Waals surface area contributed by atoms with E-state index in [1.54, 1.807) is 0 Å². The summed E-state index contributed by atoms with van der Waals surface area (Å²) in [5.41, 5.74) is 0. The fraction of sp³-hybridized carbons (Fsp3) is 0.938. The highest BCUT2D eigenvalue weighted by Crippen LogP contribution is 2.44. The van der Waals surface area contributed by atoms with Gasteiger partial charge >= 0.3 is 0 Å². The molecule has 2 bridgehead atoms. The molecular formula is C16H26N2O4S. The molecule has 130 valence electrons. The second-order valence-electron chi connectivity index (χ2n) is 7.85. The number of carbonyl (C=O) groups is 1. The van der Waals surface area contributed by atoms with Crippen LogP contribution in [0.3, 0.4) is 0 Å². The smallest absolute Gasteiger partial charge is 0.250 e. The molecule has 1 unspecified atom stereocenters. The molecule has 2 saturated heterocycles. The lowest BCUT2D eigenvalue weighted by molar-refractivity contribution is -0.121. The molecule has 7 heteroatoms. The van der Waals surface area contributed by atoms with Crippen LogP contribution in [-0.2, 0) is 19.6 Å². The third-order valence-electron chi connectivity index (χ3n) is 6.27. The van der Waals surface area contributed by atoms with Gasteiger partial charge in [0.2, 0.25) is 10.0 Å². The summed E-state index contributed by atoms with van der Waals surface area (Å²) in [6, 6.07) is -0.276. The van der Waals surface area contributed by atoms with Crippen molar-refractivity contribution in [2.75, 3.05) is 0 Å². The molecule has 23 heavy (non-hydrogen) atoms. The Bertz CT molecular complexity index is 571. The molecule has 6 nitrogen and oxygen atoms in total. The predicted octanol–water partition coefficient (Wildman–Crippen LogP) is 0.919. The van der Waals surface area contributed by atoms with Gasteiger partial charge in [0.25, 0.3) is 5.91 Å². The van der Waals surface area contributed by atoms with Crippen molar-refractivity contribution >= 4 is 15.9 Å². The molecule has 3 saturated carbocycles. The van der Waals surface area contributed by atoms with Crippen molar-refractivity contribution in [1.29, 1.82) is 0 Å². The zero-order valence-corrected chi connectivity index (χ0v) is 14.3. The Hall–Kier alpha value is -0.660. The number of sulfonamides is 1. The van der Waals surface area contributed by atoms with Crippen LogP contribution >= 0.6 is 0 Å². The van der Waals surface area contributed by atoms with Crippen LogP contribution in [0.15, 0.2) is 0 Å². The second kappa shape index (κ2) is 5.70. The maximum absolute atomic E-state index is 12.7. The van der Waals surface area contributed by atoms with Crippen LogP contribution in [0, 0.1) is 11.8 Å². The van der Waals surface area contributed by atoms with E-state index in [9.17, 15) is 13.2 Å². The van der Waals surface area contributed by atoms with Crippen LogP contribution < -0.4 is 10.0 Å². The third kappa shape index (κ3) is 2.91. The zero-order chi connectivity index (χ0) is 16.2. The van der Waals surface area contributed by atoms with Gasteiger partial charge in [0.15, 0.2) is 0 Å². The zero-order valence-electron chi connectivity index (χ0n) is 13.5. The number of nitrogens with one attached hydrogen (secondary N) is 2. The average molecular weight is 342 g/mol. The molecule has 0 aromatic carbocycles. The fourth-order valence-electron chi connectivity index (χ4n) is 5.08. The first-order valence-electron chi connectivity index (χ1n) is 8.89. The highest BCUT2D eigenvalue weighted by atomic mass is 32.2. The van der Waals surface area contributed by atoms with Crippen LogP contribution in [0.5, 0.6) is 0 Å². The molecule has 1 amide bonds. The summed E-state index contributed by atoms with van der Waals surface area (Å²) in [5.74, 6) is 0.345. The molecule has 0 aromatic rings. The van der Waals surface area contributed by atoms with Crippen molar-refractivity contribution in [3.8, 4) is 0 Å². The van der Waals surface area contributed by atoms with E-state index in [0.717, 1.165) is 38.5 Å². The Morgan fingerprint density at radius 2 is 1.87 bits per heavy atom. The van der Waals surface area contributed by atoms with E-state index >= 15 is 0 Å². The average Bonchev–Trinajstić information content (AvgIpc) is 3.05. The number of carbonyl (C=O) groups excluding carboxylic acids is 1. The Morgan fingerprint density at radius 1 is 1.13 bits per heavy atom. The van der Waals surface area contributed by atoms with Gasteiger partial charge in [0.1, 0.15) is 0 Å². The van der Waals surface area contributed by atoms with Crippen LogP contribution in [0.4, 0.5) is 0 Å². The molecular weight excluding hydrogens is 316 g/mol. The lowest BCUT2D eigenvalue weighted by Crippen LogP contribution is -2.51. The first-order valence-corrected chi connectivity index (χ1v) is 10.4. The fourth-order valence-corrected chi connectivity index (χ4v) is 6.96. The summed E-state index contributed by atoms with van der Waals surface area (Å²) >= 11 is 0. The first kappa shape index (κ1) is 15.8. The van der Waals surface area contributed by atoms with Crippen molar-refractivity contribution in [1.82, 2.24) is 10.0 Å². The summed E-state index contributed by atoms with van der Waals surface area (Å²) in [5, 5.41) is 2.86. The topological polar surface area (TPSA) is 84.5 Å². The highest BCUT2D eigenvalue weighted by molar-refractivity contribution is 7.90. The van der Waals surface area contributed by atoms with E-state index in [1.807, 2.05) is 6.92 Å². The van der Waals surface area contributed by atoms with E-state index in [2.05, 4.69) is 10.0 Å². The first-order chi connectivity index (χ1) is 10.9. The summed E-state index contributed by atoms with van der Waals surface area (Å²) in [6.45, 7) is 2.03. The lowest BCUT2D eigenvalue weighted by Gasteiger charge is -2.41. The number of hydrogen-bond donors (Lipinski definition) is 2. The van der Waals surface area contributed by atoms with Crippen molar-refractivity contribution < 1.29 is 17.9 Å². The van der Waals surface area contributed by atoms with E-state index in [-0.39, 0.29) is 29.4 Å². The van der Waals surface area contributed by atoms with E-state index in [1.165, 1.54) is 0 Å². The van der Waals surface area contributed by atoms with Gasteiger partial charge in [-0.05, 0) is 50.9 Å². The summed E-state index contributed by atoms with van der Waals surface area (Å²) in [7, 11) is -3.57. The predicted molar refractivity (Wildman–Crippen MR) is 85.2 cm³/mol. The summed E-state index contributed by atoms with van der Waals surface area (Å²) in [4.78, 5) is 12.4. The molecule has 2 heterocycles. The minimum Gasteiger partial charge on any atom is -0.374 e. The van der Waals surface area contributed by atoms with Crippen molar-refractivity contribution in [2.24, 2.45) is 11.8 Å². The molecule has 5 aliphatic rings. The van der Waals surface area contributed by atoms with Gasteiger partial charge in [-0.25, -0.2) is 8.42 Å². The summed E-state index contributed by atoms with van der Waals surface area (Å²) in [6.07, 6.45) is 6.68. The molecule has 3 aliphatic carbocycles. The standard InChI is InChI=1S/C16H26N2O4S/c1-9-6-12-14(22-9)8-13(17-12)16(19)18-23(20,21)15-7-10-2-4-11(15)5-3-10/h9-15,17H,2-8H2,1H3,(H,18,19)/t9-,10?,11?,12+,13-,14+,15?/m1/s1. The Balaban J connectivity index is 1.39.